The molecule has 170 valence electrons. The Morgan fingerprint density at radius 1 is 0.818 bits per heavy atom. The van der Waals surface area contributed by atoms with Gasteiger partial charge in [-0.25, -0.2) is 4.79 Å². The van der Waals surface area contributed by atoms with Crippen LogP contribution >= 0.6 is 0 Å². The molecule has 0 aliphatic rings. The third-order valence-electron chi connectivity index (χ3n) is 4.95. The average molecular weight is 447 g/mol. The molecular formula is C26H26N2O5. The predicted octanol–water partition coefficient (Wildman–Crippen LogP) is 4.35. The minimum Gasteiger partial charge on any atom is -0.457 e. The number of amides is 2. The molecule has 3 aromatic rings. The number of ether oxygens (including phenoxy) is 2. The van der Waals surface area contributed by atoms with Crippen molar-refractivity contribution in [2.75, 3.05) is 25.5 Å². The number of nitrogens with zero attached hydrogens (tertiary/aromatic N) is 1. The molecule has 7 heteroatoms. The molecule has 0 fully saturated rings. The minimum absolute atomic E-state index is 0.157. The second kappa shape index (κ2) is 10.9. The first-order valence-electron chi connectivity index (χ1n) is 10.4. The summed E-state index contributed by atoms with van der Waals surface area (Å²) in [5.74, 6) is -0.192. The standard InChI is InChI=1S/C26H26N2O5/c1-18-8-7-9-19(2)25(18)27-23(29)16-28(3)24(30)17-32-26(31)20-12-14-22(15-13-20)33-21-10-5-4-6-11-21/h4-15H,16-17H2,1-3H3,(H,27,29). The molecule has 0 aliphatic heterocycles. The summed E-state index contributed by atoms with van der Waals surface area (Å²) in [5, 5.41) is 2.83. The number of carbonyl (C=O) groups excluding carboxylic acids is 3. The first kappa shape index (κ1) is 23.5. The van der Waals surface area contributed by atoms with Crippen molar-refractivity contribution in [3.63, 3.8) is 0 Å². The topological polar surface area (TPSA) is 84.9 Å². The van der Waals surface area contributed by atoms with Gasteiger partial charge in [-0.15, -0.1) is 0 Å². The maximum absolute atomic E-state index is 12.3. The molecule has 0 unspecified atom stereocenters. The number of hydrogen-bond acceptors (Lipinski definition) is 5. The van der Waals surface area contributed by atoms with Crippen molar-refractivity contribution in [1.82, 2.24) is 4.90 Å². The van der Waals surface area contributed by atoms with Gasteiger partial charge in [-0.05, 0) is 61.4 Å². The number of carbonyl (C=O) groups is 3. The highest BCUT2D eigenvalue weighted by atomic mass is 16.5. The molecule has 0 radical (unpaired) electrons. The molecule has 7 nitrogen and oxygen atoms in total. The van der Waals surface area contributed by atoms with E-state index in [1.54, 1.807) is 24.3 Å². The predicted molar refractivity (Wildman–Crippen MR) is 125 cm³/mol. The number of benzene rings is 3. The quantitative estimate of drug-likeness (QED) is 0.520. The van der Waals surface area contributed by atoms with Crippen molar-refractivity contribution >= 4 is 23.5 Å². The Kier molecular flexibility index (Phi) is 7.81. The molecule has 3 aromatic carbocycles. The van der Waals surface area contributed by atoms with Gasteiger partial charge in [0.15, 0.2) is 6.61 Å². The highest BCUT2D eigenvalue weighted by Crippen LogP contribution is 2.21. The van der Waals surface area contributed by atoms with Gasteiger partial charge < -0.3 is 19.7 Å². The van der Waals surface area contributed by atoms with Crippen LogP contribution in [0.2, 0.25) is 0 Å². The van der Waals surface area contributed by atoms with E-state index in [1.807, 2.05) is 62.4 Å². The van der Waals surface area contributed by atoms with E-state index >= 15 is 0 Å². The Morgan fingerprint density at radius 3 is 2.06 bits per heavy atom. The van der Waals surface area contributed by atoms with Crippen LogP contribution in [0.5, 0.6) is 11.5 Å². The molecule has 3 rings (SSSR count). The molecule has 0 bridgehead atoms. The summed E-state index contributed by atoms with van der Waals surface area (Å²) in [4.78, 5) is 38.1. The van der Waals surface area contributed by atoms with E-state index < -0.39 is 18.5 Å². The molecule has 0 saturated carbocycles. The lowest BCUT2D eigenvalue weighted by atomic mass is 10.1. The summed E-state index contributed by atoms with van der Waals surface area (Å²) in [7, 11) is 1.48. The third kappa shape index (κ3) is 6.67. The van der Waals surface area contributed by atoms with Crippen LogP contribution in [0.15, 0.2) is 72.8 Å². The van der Waals surface area contributed by atoms with Gasteiger partial charge in [-0.3, -0.25) is 9.59 Å². The van der Waals surface area contributed by atoms with E-state index in [-0.39, 0.29) is 12.5 Å². The van der Waals surface area contributed by atoms with Crippen molar-refractivity contribution in [3.05, 3.63) is 89.5 Å². The molecule has 0 aromatic heterocycles. The molecule has 0 heterocycles. The summed E-state index contributed by atoms with van der Waals surface area (Å²) < 4.78 is 10.8. The van der Waals surface area contributed by atoms with E-state index in [0.717, 1.165) is 16.8 Å². The molecule has 0 aliphatic carbocycles. The van der Waals surface area contributed by atoms with Crippen LogP contribution in [-0.4, -0.2) is 42.9 Å². The SMILES string of the molecule is Cc1cccc(C)c1NC(=O)CN(C)C(=O)COC(=O)c1ccc(Oc2ccccc2)cc1. The number of para-hydroxylation sites is 2. The summed E-state index contributed by atoms with van der Waals surface area (Å²) in [6.45, 7) is 3.18. The van der Waals surface area contributed by atoms with Gasteiger partial charge in [0.2, 0.25) is 5.91 Å². The second-order valence-electron chi connectivity index (χ2n) is 7.58. The van der Waals surface area contributed by atoms with Crippen LogP contribution in [-0.2, 0) is 14.3 Å². The van der Waals surface area contributed by atoms with Crippen LogP contribution in [0.4, 0.5) is 5.69 Å². The highest BCUT2D eigenvalue weighted by Gasteiger charge is 2.17. The zero-order valence-electron chi connectivity index (χ0n) is 18.8. The Hall–Kier alpha value is -4.13. The van der Waals surface area contributed by atoms with Crippen molar-refractivity contribution < 1.29 is 23.9 Å². The zero-order valence-corrected chi connectivity index (χ0v) is 18.8. The van der Waals surface area contributed by atoms with E-state index in [9.17, 15) is 14.4 Å². The van der Waals surface area contributed by atoms with Gasteiger partial charge in [0.1, 0.15) is 11.5 Å². The van der Waals surface area contributed by atoms with Gasteiger partial charge in [-0.2, -0.15) is 0 Å². The zero-order chi connectivity index (χ0) is 23.8. The van der Waals surface area contributed by atoms with E-state index in [2.05, 4.69) is 5.32 Å². The monoisotopic (exact) mass is 446 g/mol. The van der Waals surface area contributed by atoms with Crippen LogP contribution < -0.4 is 10.1 Å². The lowest BCUT2D eigenvalue weighted by Crippen LogP contribution is -2.37. The third-order valence-corrected chi connectivity index (χ3v) is 4.95. The smallest absolute Gasteiger partial charge is 0.338 e. The molecule has 1 N–H and O–H groups in total. The number of aryl methyl sites for hydroxylation is 2. The Balaban J connectivity index is 1.47. The number of esters is 1. The first-order chi connectivity index (χ1) is 15.8. The fourth-order valence-corrected chi connectivity index (χ4v) is 3.10. The molecular weight excluding hydrogens is 420 g/mol. The van der Waals surface area contributed by atoms with Gasteiger partial charge in [0.05, 0.1) is 12.1 Å². The summed E-state index contributed by atoms with van der Waals surface area (Å²) in [6.07, 6.45) is 0. The molecule has 2 amide bonds. The van der Waals surface area contributed by atoms with Crippen molar-refractivity contribution in [3.8, 4) is 11.5 Å². The normalized spacial score (nSPS) is 10.3. The highest BCUT2D eigenvalue weighted by molar-refractivity contribution is 5.96. The van der Waals surface area contributed by atoms with Crippen molar-refractivity contribution in [2.24, 2.45) is 0 Å². The number of likely N-dealkylation sites (N-methyl/N-ethyl adjacent to an activating group) is 1. The first-order valence-corrected chi connectivity index (χ1v) is 10.4. The molecule has 0 spiro atoms. The summed E-state index contributed by atoms with van der Waals surface area (Å²) >= 11 is 0. The van der Waals surface area contributed by atoms with Crippen LogP contribution in [0.25, 0.3) is 0 Å². The van der Waals surface area contributed by atoms with E-state index in [4.69, 9.17) is 9.47 Å². The van der Waals surface area contributed by atoms with E-state index in [0.29, 0.717) is 17.1 Å². The van der Waals surface area contributed by atoms with E-state index in [1.165, 1.54) is 11.9 Å². The van der Waals surface area contributed by atoms with Gasteiger partial charge in [-0.1, -0.05) is 36.4 Å². The van der Waals surface area contributed by atoms with Gasteiger partial charge >= 0.3 is 5.97 Å². The lowest BCUT2D eigenvalue weighted by Gasteiger charge is -2.18. The second-order valence-corrected chi connectivity index (χ2v) is 7.58. The Bertz CT molecular complexity index is 1110. The maximum atomic E-state index is 12.3. The van der Waals surface area contributed by atoms with Gasteiger partial charge in [0.25, 0.3) is 5.91 Å². The molecule has 0 atom stereocenters. The summed E-state index contributed by atoms with van der Waals surface area (Å²) in [5.41, 5.74) is 2.89. The lowest BCUT2D eigenvalue weighted by molar-refractivity contribution is -0.136. The number of hydrogen-bond donors (Lipinski definition) is 1. The molecule has 0 saturated heterocycles. The number of anilines is 1. The fourth-order valence-electron chi connectivity index (χ4n) is 3.10. The van der Waals surface area contributed by atoms with Crippen LogP contribution in [0.1, 0.15) is 21.5 Å². The summed E-state index contributed by atoms with van der Waals surface area (Å²) in [6, 6.07) is 21.4. The average Bonchev–Trinajstić information content (AvgIpc) is 2.81. The largest absolute Gasteiger partial charge is 0.457 e. The maximum Gasteiger partial charge on any atom is 0.338 e. The Morgan fingerprint density at radius 2 is 1.42 bits per heavy atom. The Labute approximate surface area is 192 Å². The molecule has 33 heavy (non-hydrogen) atoms. The van der Waals surface area contributed by atoms with Crippen molar-refractivity contribution in [1.29, 1.82) is 0 Å². The van der Waals surface area contributed by atoms with Crippen LogP contribution in [0.3, 0.4) is 0 Å². The van der Waals surface area contributed by atoms with Crippen molar-refractivity contribution in [2.45, 2.75) is 13.8 Å². The number of nitrogens with one attached hydrogen (secondary N) is 1. The number of rotatable bonds is 8. The fraction of sp³-hybridized carbons (Fsp3) is 0.192. The van der Waals surface area contributed by atoms with Crippen LogP contribution in [0, 0.1) is 13.8 Å². The van der Waals surface area contributed by atoms with Gasteiger partial charge in [0, 0.05) is 12.7 Å². The minimum atomic E-state index is -0.636.